The first-order chi connectivity index (χ1) is 6.57. The molecular formula is C10H10BrIO2. The highest BCUT2D eigenvalue weighted by Crippen LogP contribution is 2.33. The number of ether oxygens (including phenoxy) is 1. The number of halogens is 2. The monoisotopic (exact) mass is 368 g/mol. The number of carbonyl (C=O) groups excluding carboxylic acids is 1. The molecule has 0 saturated carbocycles. The van der Waals surface area contributed by atoms with E-state index < -0.39 is 0 Å². The van der Waals surface area contributed by atoms with E-state index >= 15 is 0 Å². The first-order valence-corrected chi connectivity index (χ1v) is 6.06. The molecule has 1 aromatic carbocycles. The molecule has 4 heteroatoms. The van der Waals surface area contributed by atoms with Crippen molar-refractivity contribution < 1.29 is 9.53 Å². The van der Waals surface area contributed by atoms with Crippen LogP contribution in [0.3, 0.4) is 0 Å². The lowest BCUT2D eigenvalue weighted by atomic mass is 10.1. The van der Waals surface area contributed by atoms with E-state index in [1.165, 1.54) is 0 Å². The molecule has 0 heterocycles. The zero-order valence-electron chi connectivity index (χ0n) is 7.93. The minimum Gasteiger partial charge on any atom is -0.492 e. The van der Waals surface area contributed by atoms with Crippen LogP contribution in [0.5, 0.6) is 5.75 Å². The molecule has 0 spiro atoms. The molecule has 0 aliphatic rings. The van der Waals surface area contributed by atoms with Crippen molar-refractivity contribution >= 4 is 44.3 Å². The highest BCUT2D eigenvalue weighted by molar-refractivity contribution is 14.1. The summed E-state index contributed by atoms with van der Waals surface area (Å²) in [4.78, 5) is 11.3. The maximum absolute atomic E-state index is 11.3. The van der Waals surface area contributed by atoms with Crippen LogP contribution in [0.15, 0.2) is 16.6 Å². The summed E-state index contributed by atoms with van der Waals surface area (Å²) >= 11 is 5.52. The summed E-state index contributed by atoms with van der Waals surface area (Å²) in [5.74, 6) is 0.809. The first kappa shape index (κ1) is 12.0. The van der Waals surface area contributed by atoms with E-state index in [-0.39, 0.29) is 5.78 Å². The van der Waals surface area contributed by atoms with Crippen LogP contribution in [0.2, 0.25) is 0 Å². The lowest BCUT2D eigenvalue weighted by Crippen LogP contribution is -2.01. The predicted octanol–water partition coefficient (Wildman–Crippen LogP) is 3.66. The molecule has 2 nitrogen and oxygen atoms in total. The van der Waals surface area contributed by atoms with Gasteiger partial charge in [-0.3, -0.25) is 4.79 Å². The van der Waals surface area contributed by atoms with Crippen LogP contribution in [0.1, 0.15) is 24.2 Å². The molecule has 0 bridgehead atoms. The maximum atomic E-state index is 11.3. The summed E-state index contributed by atoms with van der Waals surface area (Å²) < 4.78 is 7.20. The van der Waals surface area contributed by atoms with E-state index in [1.807, 2.05) is 13.0 Å². The van der Waals surface area contributed by atoms with Crippen molar-refractivity contribution in [1.29, 1.82) is 0 Å². The molecule has 0 atom stereocenters. The second-order valence-electron chi connectivity index (χ2n) is 2.73. The number of hydrogen-bond donors (Lipinski definition) is 0. The van der Waals surface area contributed by atoms with E-state index in [9.17, 15) is 4.79 Å². The van der Waals surface area contributed by atoms with E-state index in [2.05, 4.69) is 38.5 Å². The van der Waals surface area contributed by atoms with Gasteiger partial charge in [0.05, 0.1) is 14.6 Å². The van der Waals surface area contributed by atoms with Gasteiger partial charge in [0.1, 0.15) is 5.75 Å². The van der Waals surface area contributed by atoms with Crippen LogP contribution >= 0.6 is 38.5 Å². The summed E-state index contributed by atoms with van der Waals surface area (Å²) in [6, 6.07) is 3.64. The van der Waals surface area contributed by atoms with Crippen molar-refractivity contribution in [2.45, 2.75) is 13.8 Å². The molecule has 0 unspecified atom stereocenters. The molecular weight excluding hydrogens is 359 g/mol. The molecule has 0 saturated heterocycles. The smallest absolute Gasteiger partial charge is 0.161 e. The third kappa shape index (κ3) is 2.48. The second-order valence-corrected chi connectivity index (χ2v) is 4.66. The summed E-state index contributed by atoms with van der Waals surface area (Å²) in [6.45, 7) is 4.07. The number of rotatable bonds is 3. The molecule has 0 aliphatic carbocycles. The van der Waals surface area contributed by atoms with Gasteiger partial charge in [-0.15, -0.1) is 0 Å². The largest absolute Gasteiger partial charge is 0.492 e. The molecule has 0 amide bonds. The van der Waals surface area contributed by atoms with Crippen molar-refractivity contribution in [2.24, 2.45) is 0 Å². The molecule has 0 fully saturated rings. The third-order valence-corrected chi connectivity index (χ3v) is 3.41. The summed E-state index contributed by atoms with van der Waals surface area (Å²) in [5.41, 5.74) is 0.706. The molecule has 0 radical (unpaired) electrons. The van der Waals surface area contributed by atoms with Crippen molar-refractivity contribution in [2.75, 3.05) is 6.61 Å². The van der Waals surface area contributed by atoms with E-state index in [0.29, 0.717) is 12.2 Å². The Morgan fingerprint density at radius 3 is 2.71 bits per heavy atom. The van der Waals surface area contributed by atoms with Crippen LogP contribution in [-0.2, 0) is 0 Å². The highest BCUT2D eigenvalue weighted by Gasteiger charge is 2.13. The number of hydrogen-bond acceptors (Lipinski definition) is 2. The van der Waals surface area contributed by atoms with E-state index in [4.69, 9.17) is 4.74 Å². The van der Waals surface area contributed by atoms with Gasteiger partial charge in [0.15, 0.2) is 5.78 Å². The van der Waals surface area contributed by atoms with Crippen LogP contribution in [0.4, 0.5) is 0 Å². The molecule has 0 N–H and O–H groups in total. The number of Topliss-reactive ketones (excluding diaryl/α,β-unsaturated/α-hetero) is 1. The Morgan fingerprint density at radius 1 is 1.57 bits per heavy atom. The molecule has 0 aromatic heterocycles. The topological polar surface area (TPSA) is 26.3 Å². The fourth-order valence-electron chi connectivity index (χ4n) is 1.08. The van der Waals surface area contributed by atoms with Crippen LogP contribution in [0, 0.1) is 3.57 Å². The molecule has 1 rings (SSSR count). The van der Waals surface area contributed by atoms with Gasteiger partial charge in [0, 0.05) is 5.56 Å². The number of ketones is 1. The first-order valence-electron chi connectivity index (χ1n) is 4.19. The zero-order valence-corrected chi connectivity index (χ0v) is 11.7. The van der Waals surface area contributed by atoms with Crippen LogP contribution < -0.4 is 4.74 Å². The lowest BCUT2D eigenvalue weighted by Gasteiger charge is -2.10. The quantitative estimate of drug-likeness (QED) is 0.601. The Hall–Kier alpha value is -0.100. The fraction of sp³-hybridized carbons (Fsp3) is 0.300. The van der Waals surface area contributed by atoms with Gasteiger partial charge in [-0.2, -0.15) is 0 Å². The zero-order chi connectivity index (χ0) is 10.7. The Kier molecular flexibility index (Phi) is 4.37. The Bertz CT molecular complexity index is 363. The van der Waals surface area contributed by atoms with Gasteiger partial charge in [-0.25, -0.2) is 0 Å². The minimum atomic E-state index is 0.0582. The Labute approximate surface area is 105 Å². The Balaban J connectivity index is 3.26. The summed E-state index contributed by atoms with van der Waals surface area (Å²) in [6.07, 6.45) is 0. The fourth-order valence-corrected chi connectivity index (χ4v) is 2.90. The molecule has 1 aromatic rings. The second kappa shape index (κ2) is 5.11. The van der Waals surface area contributed by atoms with E-state index in [1.54, 1.807) is 13.0 Å². The van der Waals surface area contributed by atoms with Crippen LogP contribution in [-0.4, -0.2) is 12.4 Å². The summed E-state index contributed by atoms with van der Waals surface area (Å²) in [5, 5.41) is 0. The van der Waals surface area contributed by atoms with Crippen molar-refractivity contribution in [3.63, 3.8) is 0 Å². The highest BCUT2D eigenvalue weighted by atomic mass is 127. The van der Waals surface area contributed by atoms with Crippen molar-refractivity contribution in [1.82, 2.24) is 0 Å². The molecule has 76 valence electrons. The SMILES string of the molecule is CCOc1c(Br)ccc(C(C)=O)c1I. The third-order valence-electron chi connectivity index (χ3n) is 1.72. The van der Waals surface area contributed by atoms with E-state index in [0.717, 1.165) is 13.8 Å². The van der Waals surface area contributed by atoms with Gasteiger partial charge in [0.2, 0.25) is 0 Å². The normalized spacial score (nSPS) is 10.0. The maximum Gasteiger partial charge on any atom is 0.161 e. The average molecular weight is 369 g/mol. The number of carbonyl (C=O) groups is 1. The molecule has 14 heavy (non-hydrogen) atoms. The van der Waals surface area contributed by atoms with Gasteiger partial charge in [0.25, 0.3) is 0 Å². The lowest BCUT2D eigenvalue weighted by molar-refractivity contribution is 0.101. The van der Waals surface area contributed by atoms with Crippen molar-refractivity contribution in [3.05, 3.63) is 25.7 Å². The average Bonchev–Trinajstić information content (AvgIpc) is 2.11. The van der Waals surface area contributed by atoms with Gasteiger partial charge >= 0.3 is 0 Å². The van der Waals surface area contributed by atoms with Crippen LogP contribution in [0.25, 0.3) is 0 Å². The standard InChI is InChI=1S/C10H10BrIO2/c1-3-14-10-8(11)5-4-7(6(2)13)9(10)12/h4-5H,3H2,1-2H3. The van der Waals surface area contributed by atoms with Gasteiger partial charge in [-0.05, 0) is 64.5 Å². The minimum absolute atomic E-state index is 0.0582. The Morgan fingerprint density at radius 2 is 2.21 bits per heavy atom. The molecule has 0 aliphatic heterocycles. The van der Waals surface area contributed by atoms with Crippen molar-refractivity contribution in [3.8, 4) is 5.75 Å². The summed E-state index contributed by atoms with van der Waals surface area (Å²) in [7, 11) is 0. The number of benzene rings is 1. The van der Waals surface area contributed by atoms with Gasteiger partial charge in [-0.1, -0.05) is 0 Å². The van der Waals surface area contributed by atoms with Gasteiger partial charge < -0.3 is 4.74 Å². The predicted molar refractivity (Wildman–Crippen MR) is 68.0 cm³/mol.